The summed E-state index contributed by atoms with van der Waals surface area (Å²) in [5.74, 6) is 0. The Hall–Kier alpha value is -2.53. The van der Waals surface area contributed by atoms with E-state index in [0.29, 0.717) is 0 Å². The van der Waals surface area contributed by atoms with Gasteiger partial charge in [-0.15, -0.1) is 0 Å². The molecule has 0 bridgehead atoms. The minimum absolute atomic E-state index is 0.173. The largest absolute Gasteiger partial charge is 0.387 e. The van der Waals surface area contributed by atoms with Crippen LogP contribution in [-0.2, 0) is 6.42 Å². The second-order valence-electron chi connectivity index (χ2n) is 6.28. The molecule has 5 nitrogen and oxygen atoms in total. The lowest BCUT2D eigenvalue weighted by atomic mass is 10.0. The first kappa shape index (κ1) is 16.3. The van der Waals surface area contributed by atoms with Crippen molar-refractivity contribution in [3.8, 4) is 0 Å². The molecule has 0 aromatic heterocycles. The number of fused-ring (bicyclic) bond motifs is 1. The highest BCUT2D eigenvalue weighted by Gasteiger charge is 2.18. The van der Waals surface area contributed by atoms with E-state index >= 15 is 0 Å². The van der Waals surface area contributed by atoms with Crippen molar-refractivity contribution in [2.24, 2.45) is 0 Å². The second kappa shape index (κ2) is 6.93. The minimum atomic E-state index is -0.718. The molecule has 24 heavy (non-hydrogen) atoms. The molecule has 3 rings (SSSR count). The Kier molecular flexibility index (Phi) is 4.71. The van der Waals surface area contributed by atoms with E-state index in [1.807, 2.05) is 49.4 Å². The molecule has 5 heteroatoms. The van der Waals surface area contributed by atoms with E-state index in [-0.39, 0.29) is 12.6 Å². The van der Waals surface area contributed by atoms with E-state index in [4.69, 9.17) is 0 Å². The van der Waals surface area contributed by atoms with E-state index < -0.39 is 6.10 Å². The number of amides is 2. The lowest BCUT2D eigenvalue weighted by molar-refractivity contribution is 0.175. The molecule has 1 aliphatic heterocycles. The van der Waals surface area contributed by atoms with Crippen LogP contribution in [0.25, 0.3) is 0 Å². The molecular formula is C19H23N3O2. The molecule has 2 aromatic carbocycles. The molecule has 0 aliphatic carbocycles. The van der Waals surface area contributed by atoms with Crippen LogP contribution in [-0.4, -0.2) is 31.3 Å². The number of aliphatic hydroxyl groups is 1. The summed E-state index contributed by atoms with van der Waals surface area (Å²) in [6, 6.07) is 13.2. The fourth-order valence-corrected chi connectivity index (χ4v) is 2.91. The van der Waals surface area contributed by atoms with Gasteiger partial charge < -0.3 is 20.6 Å². The summed E-state index contributed by atoms with van der Waals surface area (Å²) >= 11 is 0. The molecule has 0 saturated heterocycles. The van der Waals surface area contributed by atoms with Crippen LogP contribution in [0.15, 0.2) is 42.5 Å². The molecule has 0 radical (unpaired) electrons. The molecule has 1 atom stereocenters. The molecule has 126 valence electrons. The van der Waals surface area contributed by atoms with Gasteiger partial charge in [-0.1, -0.05) is 29.8 Å². The summed E-state index contributed by atoms with van der Waals surface area (Å²) in [6.07, 6.45) is 0.276. The standard InChI is InChI=1S/C19H23N3O2/c1-13-3-6-16(7-4-13)21-19(24)20-12-18(23)15-5-8-17-14(11-15)9-10-22(17)2/h3-8,11,18,23H,9-10,12H2,1-2H3,(H2,20,21,24). The normalized spacial score (nSPS) is 14.2. The number of nitrogens with zero attached hydrogens (tertiary/aromatic N) is 1. The SMILES string of the molecule is Cc1ccc(NC(=O)NCC(O)c2ccc3c(c2)CCN3C)cc1. The van der Waals surface area contributed by atoms with Crippen molar-refractivity contribution in [2.75, 3.05) is 30.4 Å². The summed E-state index contributed by atoms with van der Waals surface area (Å²) in [7, 11) is 2.07. The quantitative estimate of drug-likeness (QED) is 0.810. The number of aryl methyl sites for hydroxylation is 1. The topological polar surface area (TPSA) is 64.6 Å². The summed E-state index contributed by atoms with van der Waals surface area (Å²) in [5, 5.41) is 15.8. The maximum atomic E-state index is 11.9. The maximum Gasteiger partial charge on any atom is 0.319 e. The van der Waals surface area contributed by atoms with E-state index in [1.54, 1.807) is 0 Å². The Bertz CT molecular complexity index is 728. The lowest BCUT2D eigenvalue weighted by Crippen LogP contribution is -2.32. The van der Waals surface area contributed by atoms with Crippen molar-refractivity contribution in [3.05, 3.63) is 59.2 Å². The predicted molar refractivity (Wildman–Crippen MR) is 96.6 cm³/mol. The van der Waals surface area contributed by atoms with Gasteiger partial charge in [-0.05, 0) is 42.7 Å². The Balaban J connectivity index is 1.54. The van der Waals surface area contributed by atoms with Gasteiger partial charge in [0.2, 0.25) is 0 Å². The number of carbonyl (C=O) groups is 1. The number of aliphatic hydroxyl groups excluding tert-OH is 1. The fraction of sp³-hybridized carbons (Fsp3) is 0.316. The molecular weight excluding hydrogens is 302 g/mol. The van der Waals surface area contributed by atoms with Gasteiger partial charge in [0.05, 0.1) is 6.10 Å². The summed E-state index contributed by atoms with van der Waals surface area (Å²) in [4.78, 5) is 14.1. The van der Waals surface area contributed by atoms with E-state index in [2.05, 4.69) is 22.6 Å². The van der Waals surface area contributed by atoms with Gasteiger partial charge in [0, 0.05) is 31.5 Å². The number of urea groups is 1. The zero-order valence-corrected chi connectivity index (χ0v) is 14.0. The van der Waals surface area contributed by atoms with Gasteiger partial charge in [-0.3, -0.25) is 0 Å². The van der Waals surface area contributed by atoms with Gasteiger partial charge in [-0.2, -0.15) is 0 Å². The third kappa shape index (κ3) is 3.68. The monoisotopic (exact) mass is 325 g/mol. The van der Waals surface area contributed by atoms with Crippen LogP contribution < -0.4 is 15.5 Å². The van der Waals surface area contributed by atoms with Gasteiger partial charge in [0.1, 0.15) is 0 Å². The fourth-order valence-electron chi connectivity index (χ4n) is 2.91. The number of benzene rings is 2. The number of carbonyl (C=O) groups excluding carboxylic acids is 1. The Labute approximate surface area is 142 Å². The van der Waals surface area contributed by atoms with E-state index in [0.717, 1.165) is 29.8 Å². The maximum absolute atomic E-state index is 11.9. The predicted octanol–water partition coefficient (Wildman–Crippen LogP) is 2.84. The van der Waals surface area contributed by atoms with Gasteiger partial charge in [-0.25, -0.2) is 4.79 Å². The van der Waals surface area contributed by atoms with Crippen molar-refractivity contribution in [3.63, 3.8) is 0 Å². The highest BCUT2D eigenvalue weighted by atomic mass is 16.3. The number of rotatable bonds is 4. The Morgan fingerprint density at radius 2 is 2.00 bits per heavy atom. The van der Waals surface area contributed by atoms with Crippen LogP contribution in [0.3, 0.4) is 0 Å². The van der Waals surface area contributed by atoms with Crippen molar-refractivity contribution in [1.29, 1.82) is 0 Å². The average Bonchev–Trinajstić information content (AvgIpc) is 2.95. The number of anilines is 2. The average molecular weight is 325 g/mol. The molecule has 0 spiro atoms. The zero-order valence-electron chi connectivity index (χ0n) is 14.0. The summed E-state index contributed by atoms with van der Waals surface area (Å²) < 4.78 is 0. The Morgan fingerprint density at radius 3 is 2.75 bits per heavy atom. The summed E-state index contributed by atoms with van der Waals surface area (Å²) in [5.41, 5.74) is 5.17. The van der Waals surface area contributed by atoms with E-state index in [9.17, 15) is 9.90 Å². The first-order valence-electron chi connectivity index (χ1n) is 8.16. The highest BCUT2D eigenvalue weighted by molar-refractivity contribution is 5.89. The van der Waals surface area contributed by atoms with Crippen LogP contribution >= 0.6 is 0 Å². The molecule has 1 heterocycles. The van der Waals surface area contributed by atoms with Crippen LogP contribution in [0, 0.1) is 6.92 Å². The number of nitrogens with one attached hydrogen (secondary N) is 2. The number of likely N-dealkylation sites (N-methyl/N-ethyl adjacent to an activating group) is 1. The first-order valence-corrected chi connectivity index (χ1v) is 8.16. The van der Waals surface area contributed by atoms with Crippen molar-refractivity contribution < 1.29 is 9.90 Å². The zero-order chi connectivity index (χ0) is 17.1. The summed E-state index contributed by atoms with van der Waals surface area (Å²) in [6.45, 7) is 3.17. The van der Waals surface area contributed by atoms with Gasteiger partial charge >= 0.3 is 6.03 Å². The molecule has 1 aliphatic rings. The second-order valence-corrected chi connectivity index (χ2v) is 6.28. The molecule has 3 N–H and O–H groups in total. The van der Waals surface area contributed by atoms with Crippen molar-refractivity contribution in [2.45, 2.75) is 19.4 Å². The van der Waals surface area contributed by atoms with Gasteiger partial charge in [0.25, 0.3) is 0 Å². The van der Waals surface area contributed by atoms with Gasteiger partial charge in [0.15, 0.2) is 0 Å². The molecule has 0 saturated carbocycles. The molecule has 2 amide bonds. The van der Waals surface area contributed by atoms with E-state index in [1.165, 1.54) is 11.3 Å². The Morgan fingerprint density at radius 1 is 1.25 bits per heavy atom. The lowest BCUT2D eigenvalue weighted by Gasteiger charge is -2.16. The third-order valence-electron chi connectivity index (χ3n) is 4.38. The highest BCUT2D eigenvalue weighted by Crippen LogP contribution is 2.29. The first-order chi connectivity index (χ1) is 11.5. The third-order valence-corrected chi connectivity index (χ3v) is 4.38. The molecule has 2 aromatic rings. The molecule has 0 fully saturated rings. The van der Waals surface area contributed by atoms with Crippen LogP contribution in [0.5, 0.6) is 0 Å². The number of hydrogen-bond acceptors (Lipinski definition) is 3. The smallest absolute Gasteiger partial charge is 0.319 e. The van der Waals surface area contributed by atoms with Crippen LogP contribution in [0.1, 0.15) is 22.8 Å². The molecule has 1 unspecified atom stereocenters. The number of hydrogen-bond donors (Lipinski definition) is 3. The van der Waals surface area contributed by atoms with Crippen molar-refractivity contribution in [1.82, 2.24) is 5.32 Å². The van der Waals surface area contributed by atoms with Crippen molar-refractivity contribution >= 4 is 17.4 Å². The van der Waals surface area contributed by atoms with Crippen LogP contribution in [0.2, 0.25) is 0 Å². The van der Waals surface area contributed by atoms with Crippen LogP contribution in [0.4, 0.5) is 16.2 Å². The minimum Gasteiger partial charge on any atom is -0.387 e.